The lowest BCUT2D eigenvalue weighted by molar-refractivity contribution is 0.589. The molecule has 0 amide bonds. The van der Waals surface area contributed by atoms with Crippen LogP contribution < -0.4 is 0 Å². The van der Waals surface area contributed by atoms with Crippen LogP contribution in [0.25, 0.3) is 22.6 Å². The highest BCUT2D eigenvalue weighted by Crippen LogP contribution is 2.25. The number of aryl methyl sites for hydroxylation is 1. The van der Waals surface area contributed by atoms with Gasteiger partial charge in [0.15, 0.2) is 11.5 Å². The summed E-state index contributed by atoms with van der Waals surface area (Å²) in [5, 5.41) is 5.53. The van der Waals surface area contributed by atoms with Crippen molar-refractivity contribution in [1.29, 1.82) is 0 Å². The second kappa shape index (κ2) is 5.88. The molecule has 0 fully saturated rings. The second-order valence-electron chi connectivity index (χ2n) is 5.58. The summed E-state index contributed by atoms with van der Waals surface area (Å²) in [6.07, 6.45) is 4.40. The fourth-order valence-electron chi connectivity index (χ4n) is 2.74. The molecule has 0 aliphatic heterocycles. The van der Waals surface area contributed by atoms with E-state index in [1.165, 1.54) is 6.07 Å². The molecular formula is C18H16FN5. The van der Waals surface area contributed by atoms with Crippen LogP contribution in [-0.2, 0) is 13.0 Å². The number of aromatic nitrogens is 5. The van der Waals surface area contributed by atoms with Gasteiger partial charge in [0.25, 0.3) is 0 Å². The number of benzene rings is 1. The number of nitrogens with zero attached hydrogens (tertiary/aromatic N) is 4. The van der Waals surface area contributed by atoms with Crippen molar-refractivity contribution in [3.63, 3.8) is 0 Å². The van der Waals surface area contributed by atoms with Crippen LogP contribution in [0.15, 0.2) is 48.8 Å². The fourth-order valence-corrected chi connectivity index (χ4v) is 2.74. The van der Waals surface area contributed by atoms with Crippen molar-refractivity contribution < 1.29 is 4.39 Å². The molecule has 6 heteroatoms. The van der Waals surface area contributed by atoms with E-state index in [1.54, 1.807) is 23.0 Å². The van der Waals surface area contributed by atoms with Gasteiger partial charge in [-0.05, 0) is 24.6 Å². The normalized spacial score (nSPS) is 11.2. The molecule has 0 bridgehead atoms. The van der Waals surface area contributed by atoms with E-state index >= 15 is 0 Å². The molecule has 3 aromatic heterocycles. The highest BCUT2D eigenvalue weighted by atomic mass is 19.1. The third-order valence-corrected chi connectivity index (χ3v) is 4.02. The summed E-state index contributed by atoms with van der Waals surface area (Å²) >= 11 is 0. The Morgan fingerprint density at radius 2 is 2.00 bits per heavy atom. The molecular weight excluding hydrogens is 305 g/mol. The van der Waals surface area contributed by atoms with E-state index in [2.05, 4.69) is 27.0 Å². The summed E-state index contributed by atoms with van der Waals surface area (Å²) in [6, 6.07) is 10.5. The van der Waals surface area contributed by atoms with Gasteiger partial charge in [0.05, 0.1) is 11.9 Å². The quantitative estimate of drug-likeness (QED) is 0.625. The van der Waals surface area contributed by atoms with E-state index in [-0.39, 0.29) is 5.82 Å². The molecule has 0 spiro atoms. The van der Waals surface area contributed by atoms with Crippen LogP contribution in [0, 0.1) is 5.82 Å². The third kappa shape index (κ3) is 2.46. The highest BCUT2D eigenvalue weighted by molar-refractivity contribution is 5.89. The zero-order valence-corrected chi connectivity index (χ0v) is 13.2. The van der Waals surface area contributed by atoms with Gasteiger partial charge < -0.3 is 4.98 Å². The first kappa shape index (κ1) is 14.6. The number of nitrogens with one attached hydrogen (secondary N) is 1. The van der Waals surface area contributed by atoms with Crippen LogP contribution in [0.3, 0.4) is 0 Å². The van der Waals surface area contributed by atoms with Crippen LogP contribution >= 0.6 is 0 Å². The van der Waals surface area contributed by atoms with E-state index in [4.69, 9.17) is 0 Å². The maximum atomic E-state index is 14.0. The maximum absolute atomic E-state index is 14.0. The number of rotatable bonds is 4. The zero-order valence-electron chi connectivity index (χ0n) is 13.2. The number of pyridine rings is 1. The lowest BCUT2D eigenvalue weighted by atomic mass is 10.2. The van der Waals surface area contributed by atoms with Crippen molar-refractivity contribution in [3.05, 3.63) is 65.9 Å². The number of H-pyrrole nitrogens is 1. The fraction of sp³-hybridized carbons (Fsp3) is 0.167. The Labute approximate surface area is 138 Å². The molecule has 0 saturated heterocycles. The van der Waals surface area contributed by atoms with Gasteiger partial charge >= 0.3 is 0 Å². The molecule has 5 nitrogen and oxygen atoms in total. The molecule has 24 heavy (non-hydrogen) atoms. The minimum atomic E-state index is -0.245. The van der Waals surface area contributed by atoms with E-state index in [0.717, 1.165) is 23.2 Å². The van der Waals surface area contributed by atoms with E-state index < -0.39 is 0 Å². The summed E-state index contributed by atoms with van der Waals surface area (Å²) in [6.45, 7) is 2.38. The molecule has 0 unspecified atom stereocenters. The van der Waals surface area contributed by atoms with Gasteiger partial charge in [-0.25, -0.2) is 19.0 Å². The first-order valence-corrected chi connectivity index (χ1v) is 7.85. The molecule has 0 radical (unpaired) electrons. The summed E-state index contributed by atoms with van der Waals surface area (Å²) in [7, 11) is 0. The van der Waals surface area contributed by atoms with E-state index in [0.29, 0.717) is 23.6 Å². The number of hydrogen-bond acceptors (Lipinski definition) is 3. The third-order valence-electron chi connectivity index (χ3n) is 4.02. The van der Waals surface area contributed by atoms with Crippen LogP contribution in [0.1, 0.15) is 18.2 Å². The number of halogens is 1. The lowest BCUT2D eigenvalue weighted by Gasteiger charge is -2.04. The van der Waals surface area contributed by atoms with Crippen LogP contribution in [0.5, 0.6) is 0 Å². The average Bonchev–Trinajstić information content (AvgIpc) is 3.22. The Morgan fingerprint density at radius 3 is 2.79 bits per heavy atom. The molecule has 4 rings (SSSR count). The predicted octanol–water partition coefficient (Wildman–Crippen LogP) is 3.57. The Morgan fingerprint density at radius 1 is 1.12 bits per heavy atom. The van der Waals surface area contributed by atoms with Crippen LogP contribution in [0.2, 0.25) is 0 Å². The summed E-state index contributed by atoms with van der Waals surface area (Å²) in [5.41, 5.74) is 3.07. The Kier molecular flexibility index (Phi) is 3.57. The molecule has 0 atom stereocenters. The number of aromatic amines is 1. The zero-order chi connectivity index (χ0) is 16.5. The largest absolute Gasteiger partial charge is 0.340 e. The van der Waals surface area contributed by atoms with Gasteiger partial charge in [-0.1, -0.05) is 25.1 Å². The minimum absolute atomic E-state index is 0.245. The Balaban J connectivity index is 1.83. The SMILES string of the molecule is CCc1cnc(-c2nn(Cc3ccccc3F)c3ncccc23)[nH]1. The van der Waals surface area contributed by atoms with E-state index in [9.17, 15) is 4.39 Å². The first-order chi connectivity index (χ1) is 11.8. The highest BCUT2D eigenvalue weighted by Gasteiger charge is 2.16. The van der Waals surface area contributed by atoms with Gasteiger partial charge in [-0.2, -0.15) is 5.10 Å². The van der Waals surface area contributed by atoms with Crippen molar-refractivity contribution in [2.24, 2.45) is 0 Å². The van der Waals surface area contributed by atoms with Gasteiger partial charge in [-0.3, -0.25) is 0 Å². The van der Waals surface area contributed by atoms with Crippen molar-refractivity contribution in [2.45, 2.75) is 19.9 Å². The Hall–Kier alpha value is -3.02. The van der Waals surface area contributed by atoms with Crippen LogP contribution in [-0.4, -0.2) is 24.7 Å². The summed E-state index contributed by atoms with van der Waals surface area (Å²) in [4.78, 5) is 12.1. The van der Waals surface area contributed by atoms with Crippen molar-refractivity contribution in [2.75, 3.05) is 0 Å². The van der Waals surface area contributed by atoms with Gasteiger partial charge in [0.1, 0.15) is 11.5 Å². The standard InChI is InChI=1S/C18H16FN5/c1-2-13-10-21-17(22-13)16-14-7-5-9-20-18(14)24(23-16)11-12-6-3-4-8-15(12)19/h3-10H,2,11H2,1H3,(H,21,22). The molecule has 1 aromatic carbocycles. The van der Waals surface area contributed by atoms with Gasteiger partial charge in [0.2, 0.25) is 0 Å². The van der Waals surface area contributed by atoms with Gasteiger partial charge in [0, 0.05) is 23.7 Å². The first-order valence-electron chi connectivity index (χ1n) is 7.85. The minimum Gasteiger partial charge on any atom is -0.340 e. The number of hydrogen-bond donors (Lipinski definition) is 1. The molecule has 0 saturated carbocycles. The van der Waals surface area contributed by atoms with E-state index in [1.807, 2.05) is 24.4 Å². The molecule has 3 heterocycles. The number of fused-ring (bicyclic) bond motifs is 1. The summed E-state index contributed by atoms with van der Waals surface area (Å²) in [5.74, 6) is 0.460. The van der Waals surface area contributed by atoms with Crippen molar-refractivity contribution in [1.82, 2.24) is 24.7 Å². The predicted molar refractivity (Wildman–Crippen MR) is 90.0 cm³/mol. The maximum Gasteiger partial charge on any atom is 0.158 e. The number of imidazole rings is 1. The average molecular weight is 321 g/mol. The summed E-state index contributed by atoms with van der Waals surface area (Å²) < 4.78 is 15.7. The monoisotopic (exact) mass is 321 g/mol. The molecule has 0 aliphatic carbocycles. The smallest absolute Gasteiger partial charge is 0.158 e. The second-order valence-corrected chi connectivity index (χ2v) is 5.58. The lowest BCUT2D eigenvalue weighted by Crippen LogP contribution is -2.04. The van der Waals surface area contributed by atoms with Gasteiger partial charge in [-0.15, -0.1) is 0 Å². The molecule has 1 N–H and O–H groups in total. The molecule has 0 aliphatic rings. The van der Waals surface area contributed by atoms with Crippen molar-refractivity contribution in [3.8, 4) is 11.5 Å². The van der Waals surface area contributed by atoms with Crippen LogP contribution in [0.4, 0.5) is 4.39 Å². The topological polar surface area (TPSA) is 59.4 Å². The molecule has 120 valence electrons. The van der Waals surface area contributed by atoms with Crippen molar-refractivity contribution >= 4 is 11.0 Å². The Bertz CT molecular complexity index is 1000. The molecule has 4 aromatic rings.